The first-order valence-electron chi connectivity index (χ1n) is 8.08. The molecule has 1 aromatic rings. The van der Waals surface area contributed by atoms with E-state index in [9.17, 15) is 14.4 Å². The first kappa shape index (κ1) is 18.5. The van der Waals surface area contributed by atoms with E-state index in [2.05, 4.69) is 5.32 Å². The van der Waals surface area contributed by atoms with Gasteiger partial charge in [0.2, 0.25) is 5.91 Å². The molecule has 7 nitrogen and oxygen atoms in total. The second-order valence-corrected chi connectivity index (χ2v) is 7.18. The maximum absolute atomic E-state index is 12.8. The SMILES string of the molecule is COC(=O)C1=C(C)CS[C@H]2N1C(=O)[C@]2(NC(=O)Cc1ccccc1)OC. The zero-order valence-electron chi connectivity index (χ0n) is 14.8. The summed E-state index contributed by atoms with van der Waals surface area (Å²) in [6, 6.07) is 9.23. The van der Waals surface area contributed by atoms with Crippen LogP contribution in [-0.4, -0.2) is 53.8 Å². The fraction of sp³-hybridized carbons (Fsp3) is 0.389. The number of amides is 2. The minimum Gasteiger partial charge on any atom is -0.464 e. The van der Waals surface area contributed by atoms with Crippen molar-refractivity contribution < 1.29 is 23.9 Å². The monoisotopic (exact) mass is 376 g/mol. The van der Waals surface area contributed by atoms with Crippen molar-refractivity contribution in [2.75, 3.05) is 20.0 Å². The van der Waals surface area contributed by atoms with Crippen LogP contribution in [0.15, 0.2) is 41.6 Å². The second kappa shape index (κ2) is 7.13. The van der Waals surface area contributed by atoms with Crippen molar-refractivity contribution in [3.05, 3.63) is 47.2 Å². The third-order valence-corrected chi connectivity index (χ3v) is 5.91. The maximum atomic E-state index is 12.8. The van der Waals surface area contributed by atoms with Crippen molar-refractivity contribution in [1.29, 1.82) is 0 Å². The molecule has 0 aliphatic carbocycles. The third kappa shape index (κ3) is 2.89. The Morgan fingerprint density at radius 3 is 2.62 bits per heavy atom. The van der Waals surface area contributed by atoms with Gasteiger partial charge < -0.3 is 14.8 Å². The van der Waals surface area contributed by atoms with Gasteiger partial charge in [-0.3, -0.25) is 14.5 Å². The average molecular weight is 376 g/mol. The number of esters is 1. The molecule has 138 valence electrons. The largest absolute Gasteiger partial charge is 0.464 e. The van der Waals surface area contributed by atoms with Crippen molar-refractivity contribution in [3.8, 4) is 0 Å². The average Bonchev–Trinajstić information content (AvgIpc) is 2.65. The van der Waals surface area contributed by atoms with Crippen LogP contribution in [0.1, 0.15) is 12.5 Å². The molecule has 26 heavy (non-hydrogen) atoms. The number of carbonyl (C=O) groups excluding carboxylic acids is 3. The fourth-order valence-corrected chi connectivity index (χ4v) is 4.54. The van der Waals surface area contributed by atoms with Crippen LogP contribution in [0.3, 0.4) is 0 Å². The number of thioether (sulfide) groups is 1. The number of benzene rings is 1. The zero-order valence-corrected chi connectivity index (χ0v) is 15.6. The van der Waals surface area contributed by atoms with Gasteiger partial charge in [0.05, 0.1) is 13.5 Å². The van der Waals surface area contributed by atoms with Crippen LogP contribution >= 0.6 is 11.8 Å². The molecule has 1 N–H and O–H groups in total. The summed E-state index contributed by atoms with van der Waals surface area (Å²) in [5.74, 6) is -0.823. The van der Waals surface area contributed by atoms with Gasteiger partial charge in [-0.2, -0.15) is 0 Å². The molecule has 1 fully saturated rings. The summed E-state index contributed by atoms with van der Waals surface area (Å²) in [6.07, 6.45) is 0.134. The zero-order chi connectivity index (χ0) is 18.9. The Kier molecular flexibility index (Phi) is 5.06. The minimum absolute atomic E-state index is 0.134. The molecule has 0 saturated carbocycles. The van der Waals surface area contributed by atoms with Crippen LogP contribution in [0.2, 0.25) is 0 Å². The van der Waals surface area contributed by atoms with Gasteiger partial charge in [-0.15, -0.1) is 11.8 Å². The Bertz CT molecular complexity index is 779. The summed E-state index contributed by atoms with van der Waals surface area (Å²) in [7, 11) is 2.65. The normalized spacial score (nSPS) is 24.7. The van der Waals surface area contributed by atoms with Crippen LogP contribution in [0.5, 0.6) is 0 Å². The van der Waals surface area contributed by atoms with Crippen molar-refractivity contribution in [2.24, 2.45) is 0 Å². The highest BCUT2D eigenvalue weighted by atomic mass is 32.2. The number of carbonyl (C=O) groups is 3. The number of nitrogens with zero attached hydrogens (tertiary/aromatic N) is 1. The summed E-state index contributed by atoms with van der Waals surface area (Å²) in [5.41, 5.74) is 0.344. The van der Waals surface area contributed by atoms with E-state index in [4.69, 9.17) is 9.47 Å². The van der Waals surface area contributed by atoms with Crippen LogP contribution < -0.4 is 5.32 Å². The molecule has 2 aliphatic rings. The Morgan fingerprint density at radius 1 is 1.31 bits per heavy atom. The van der Waals surface area contributed by atoms with E-state index in [0.29, 0.717) is 5.75 Å². The van der Waals surface area contributed by atoms with Crippen molar-refractivity contribution >= 4 is 29.5 Å². The van der Waals surface area contributed by atoms with E-state index in [1.165, 1.54) is 30.9 Å². The molecular weight excluding hydrogens is 356 g/mol. The van der Waals surface area contributed by atoms with Crippen LogP contribution in [0, 0.1) is 0 Å². The molecule has 2 heterocycles. The highest BCUT2D eigenvalue weighted by Gasteiger charge is 2.66. The number of hydrogen-bond acceptors (Lipinski definition) is 6. The lowest BCUT2D eigenvalue weighted by Crippen LogP contribution is -2.80. The molecule has 0 bridgehead atoms. The molecule has 2 aliphatic heterocycles. The first-order valence-corrected chi connectivity index (χ1v) is 9.13. The summed E-state index contributed by atoms with van der Waals surface area (Å²) in [6.45, 7) is 1.78. The third-order valence-electron chi connectivity index (χ3n) is 4.45. The van der Waals surface area contributed by atoms with Crippen LogP contribution in [0.4, 0.5) is 0 Å². The summed E-state index contributed by atoms with van der Waals surface area (Å²) in [4.78, 5) is 38.7. The second-order valence-electron chi connectivity index (χ2n) is 6.11. The standard InChI is InChI=1S/C18H20N2O5S/c1-11-10-26-17-18(25-3,16(23)20(17)14(11)15(22)24-2)19-13(21)9-12-7-5-4-6-8-12/h4-8,17H,9-10H2,1-3H3,(H,19,21)/t17-,18+/m1/s1. The van der Waals surface area contributed by atoms with Crippen LogP contribution in [-0.2, 0) is 30.3 Å². The lowest BCUT2D eigenvalue weighted by Gasteiger charge is -2.55. The quantitative estimate of drug-likeness (QED) is 0.470. The van der Waals surface area contributed by atoms with Crippen molar-refractivity contribution in [1.82, 2.24) is 10.2 Å². The highest BCUT2D eigenvalue weighted by Crippen LogP contribution is 2.46. The van der Waals surface area contributed by atoms with Gasteiger partial charge in [-0.1, -0.05) is 30.3 Å². The van der Waals surface area contributed by atoms with Crippen molar-refractivity contribution in [3.63, 3.8) is 0 Å². The number of methoxy groups -OCH3 is 2. The molecule has 3 rings (SSSR count). The predicted octanol–water partition coefficient (Wildman–Crippen LogP) is 1.05. The minimum atomic E-state index is -1.48. The van der Waals surface area contributed by atoms with Crippen LogP contribution in [0.25, 0.3) is 0 Å². The van der Waals surface area contributed by atoms with E-state index in [1.807, 2.05) is 30.3 Å². The Balaban J connectivity index is 1.80. The van der Waals surface area contributed by atoms with Gasteiger partial charge in [0, 0.05) is 12.9 Å². The maximum Gasteiger partial charge on any atom is 0.354 e. The molecule has 1 aromatic carbocycles. The fourth-order valence-electron chi connectivity index (χ4n) is 3.15. The topological polar surface area (TPSA) is 84.9 Å². The lowest BCUT2D eigenvalue weighted by molar-refractivity contribution is -0.192. The predicted molar refractivity (Wildman–Crippen MR) is 95.8 cm³/mol. The number of rotatable bonds is 5. The van der Waals surface area contributed by atoms with Gasteiger partial charge in [-0.25, -0.2) is 4.79 Å². The Morgan fingerprint density at radius 2 is 2.00 bits per heavy atom. The van der Waals surface area contributed by atoms with Gasteiger partial charge >= 0.3 is 5.97 Å². The summed E-state index contributed by atoms with van der Waals surface area (Å²) in [5, 5.41) is 2.21. The smallest absolute Gasteiger partial charge is 0.354 e. The van der Waals surface area contributed by atoms with Gasteiger partial charge in [0.1, 0.15) is 11.1 Å². The van der Waals surface area contributed by atoms with E-state index in [0.717, 1.165) is 11.1 Å². The van der Waals surface area contributed by atoms with Gasteiger partial charge in [0.25, 0.3) is 11.6 Å². The summed E-state index contributed by atoms with van der Waals surface area (Å²) < 4.78 is 10.2. The number of ether oxygens (including phenoxy) is 2. The van der Waals surface area contributed by atoms with E-state index in [1.54, 1.807) is 6.92 Å². The molecule has 8 heteroatoms. The molecule has 1 saturated heterocycles. The molecule has 0 spiro atoms. The van der Waals surface area contributed by atoms with E-state index < -0.39 is 23.0 Å². The van der Waals surface area contributed by atoms with E-state index in [-0.39, 0.29) is 18.0 Å². The van der Waals surface area contributed by atoms with E-state index >= 15 is 0 Å². The number of nitrogens with one attached hydrogen (secondary N) is 1. The van der Waals surface area contributed by atoms with Gasteiger partial charge in [-0.05, 0) is 18.1 Å². The van der Waals surface area contributed by atoms with Gasteiger partial charge in [0.15, 0.2) is 0 Å². The van der Waals surface area contributed by atoms with Crippen molar-refractivity contribution in [2.45, 2.75) is 24.4 Å². The summed E-state index contributed by atoms with van der Waals surface area (Å²) >= 11 is 1.44. The highest BCUT2D eigenvalue weighted by molar-refractivity contribution is 8.00. The molecular formula is C18H20N2O5S. The Labute approximate surface area is 155 Å². The molecule has 0 aromatic heterocycles. The number of hydrogen-bond donors (Lipinski definition) is 1. The molecule has 0 radical (unpaired) electrons. The first-order chi connectivity index (χ1) is 12.4. The molecule has 2 atom stereocenters. The molecule has 0 unspecified atom stereocenters. The number of fused-ring (bicyclic) bond motifs is 1. The molecule has 2 amide bonds. The Hall–Kier alpha value is -2.32. The number of β-lactam (4-membered cyclic amide) rings is 1. The lowest BCUT2D eigenvalue weighted by atomic mass is 9.98.